The minimum Gasteiger partial charge on any atom is -0.462 e. The highest BCUT2D eigenvalue weighted by Gasteiger charge is 2.34. The lowest BCUT2D eigenvalue weighted by Gasteiger charge is -2.05. The van der Waals surface area contributed by atoms with Crippen LogP contribution in [0, 0.1) is 0 Å². The van der Waals surface area contributed by atoms with Crippen molar-refractivity contribution < 1.29 is 9.53 Å². The van der Waals surface area contributed by atoms with E-state index in [1.54, 1.807) is 4.68 Å². The summed E-state index contributed by atoms with van der Waals surface area (Å²) in [5.74, 6) is -0.194. The van der Waals surface area contributed by atoms with Gasteiger partial charge in [-0.3, -0.25) is 4.79 Å². The van der Waals surface area contributed by atoms with Gasteiger partial charge in [0.2, 0.25) is 5.16 Å². The van der Waals surface area contributed by atoms with E-state index in [0.29, 0.717) is 11.6 Å². The summed E-state index contributed by atoms with van der Waals surface area (Å²) in [4.78, 5) is 11.6. The molecule has 0 N–H and O–H groups in total. The van der Waals surface area contributed by atoms with Crippen LogP contribution >= 0.6 is 11.8 Å². The number of hydrogen-bond acceptors (Lipinski definition) is 6. The minimum atomic E-state index is -0.233. The van der Waals surface area contributed by atoms with Crippen LogP contribution in [0.4, 0.5) is 0 Å². The molecule has 1 aromatic heterocycles. The van der Waals surface area contributed by atoms with Crippen LogP contribution in [0.5, 0.6) is 0 Å². The summed E-state index contributed by atoms with van der Waals surface area (Å²) in [7, 11) is 0. The zero-order valence-electron chi connectivity index (χ0n) is 10.3. The first-order valence-corrected chi connectivity index (χ1v) is 6.83. The van der Waals surface area contributed by atoms with Crippen LogP contribution < -0.4 is 0 Å². The molecule has 19 heavy (non-hydrogen) atoms. The number of aromatic nitrogens is 4. The molecule has 6 nitrogen and oxygen atoms in total. The number of carbonyl (C=O) groups excluding carboxylic acids is 1. The average Bonchev–Trinajstić information content (AvgIpc) is 2.98. The van der Waals surface area contributed by atoms with E-state index >= 15 is 0 Å². The van der Waals surface area contributed by atoms with Gasteiger partial charge in [0.1, 0.15) is 11.4 Å². The van der Waals surface area contributed by atoms with Crippen molar-refractivity contribution in [2.75, 3.05) is 0 Å². The molecule has 1 aliphatic heterocycles. The highest BCUT2D eigenvalue weighted by atomic mass is 32.2. The Bertz CT molecular complexity index is 586. The summed E-state index contributed by atoms with van der Waals surface area (Å²) in [5.41, 5.74) is 0.870. The lowest BCUT2D eigenvalue weighted by molar-refractivity contribution is -0.140. The molecule has 3 rings (SSSR count). The second-order valence-corrected chi connectivity index (χ2v) is 5.47. The summed E-state index contributed by atoms with van der Waals surface area (Å²) in [6.45, 7) is 1.89. The van der Waals surface area contributed by atoms with Gasteiger partial charge in [-0.25, -0.2) is 0 Å². The quantitative estimate of drug-likeness (QED) is 0.790. The zero-order chi connectivity index (χ0) is 13.2. The number of tetrazole rings is 1. The van der Waals surface area contributed by atoms with Crippen molar-refractivity contribution in [1.29, 1.82) is 0 Å². The number of hydrogen-bond donors (Lipinski definition) is 0. The zero-order valence-corrected chi connectivity index (χ0v) is 11.1. The van der Waals surface area contributed by atoms with Gasteiger partial charge in [0, 0.05) is 6.42 Å². The molecule has 7 heteroatoms. The van der Waals surface area contributed by atoms with Crippen molar-refractivity contribution in [1.82, 2.24) is 20.2 Å². The molecule has 1 saturated heterocycles. The maximum Gasteiger partial charge on any atom is 0.319 e. The van der Waals surface area contributed by atoms with E-state index in [1.165, 1.54) is 11.8 Å². The van der Waals surface area contributed by atoms with Crippen LogP contribution in [0.2, 0.25) is 0 Å². The Labute approximate surface area is 114 Å². The van der Waals surface area contributed by atoms with Gasteiger partial charge in [0.25, 0.3) is 0 Å². The predicted octanol–water partition coefficient (Wildman–Crippen LogP) is 1.46. The summed E-state index contributed by atoms with van der Waals surface area (Å²) in [6.07, 6.45) is 0.650. The van der Waals surface area contributed by atoms with E-state index in [9.17, 15) is 4.79 Å². The summed E-state index contributed by atoms with van der Waals surface area (Å²) >= 11 is 1.34. The van der Waals surface area contributed by atoms with E-state index in [-0.39, 0.29) is 17.3 Å². The highest BCUT2D eigenvalue weighted by Crippen LogP contribution is 2.31. The Hall–Kier alpha value is -1.89. The van der Waals surface area contributed by atoms with Crippen LogP contribution in [-0.4, -0.2) is 37.5 Å². The molecule has 0 bridgehead atoms. The molecule has 0 saturated carbocycles. The number of ether oxygens (including phenoxy) is 1. The topological polar surface area (TPSA) is 69.9 Å². The number of benzene rings is 1. The largest absolute Gasteiger partial charge is 0.462 e. The van der Waals surface area contributed by atoms with Crippen LogP contribution in [0.3, 0.4) is 0 Å². The van der Waals surface area contributed by atoms with Crippen LogP contribution in [0.1, 0.15) is 13.3 Å². The van der Waals surface area contributed by atoms with Crippen molar-refractivity contribution in [2.24, 2.45) is 0 Å². The number of nitrogens with zero attached hydrogens (tertiary/aromatic N) is 4. The Morgan fingerprint density at radius 3 is 2.84 bits per heavy atom. The molecule has 1 aromatic carbocycles. The molecule has 98 valence electrons. The Kier molecular flexibility index (Phi) is 3.20. The van der Waals surface area contributed by atoms with E-state index in [4.69, 9.17) is 4.74 Å². The van der Waals surface area contributed by atoms with E-state index in [0.717, 1.165) is 5.69 Å². The van der Waals surface area contributed by atoms with Crippen molar-refractivity contribution in [3.05, 3.63) is 30.3 Å². The fourth-order valence-corrected chi connectivity index (χ4v) is 3.03. The van der Waals surface area contributed by atoms with Gasteiger partial charge >= 0.3 is 5.97 Å². The monoisotopic (exact) mass is 276 g/mol. The summed E-state index contributed by atoms with van der Waals surface area (Å²) in [6, 6.07) is 9.58. The highest BCUT2D eigenvalue weighted by molar-refractivity contribution is 8.00. The minimum absolute atomic E-state index is 0.0361. The SMILES string of the molecule is C[C@H]1C[C@@H](Sc2nnnn2-c2ccccc2)C(=O)O1. The molecular formula is C12H12N4O2S. The number of rotatable bonds is 3. The maximum atomic E-state index is 11.6. The third kappa shape index (κ3) is 2.46. The van der Waals surface area contributed by atoms with Crippen LogP contribution in [0.15, 0.2) is 35.5 Å². The van der Waals surface area contributed by atoms with Gasteiger partial charge in [-0.15, -0.1) is 5.10 Å². The van der Waals surface area contributed by atoms with Crippen molar-refractivity contribution in [2.45, 2.75) is 29.9 Å². The number of para-hydroxylation sites is 1. The molecule has 0 radical (unpaired) electrons. The van der Waals surface area contributed by atoms with Gasteiger partial charge in [-0.1, -0.05) is 30.0 Å². The third-order valence-electron chi connectivity index (χ3n) is 2.82. The molecular weight excluding hydrogens is 264 g/mol. The molecule has 2 aromatic rings. The Morgan fingerprint density at radius 1 is 1.37 bits per heavy atom. The molecule has 0 aliphatic carbocycles. The molecule has 2 atom stereocenters. The molecule has 2 heterocycles. The standard InChI is InChI=1S/C12H12N4O2S/c1-8-7-10(11(17)18-8)19-12-13-14-15-16(12)9-5-3-2-4-6-9/h2-6,8,10H,7H2,1H3/t8-,10+/m0/s1. The number of thioether (sulfide) groups is 1. The smallest absolute Gasteiger partial charge is 0.319 e. The fourth-order valence-electron chi connectivity index (χ4n) is 1.93. The summed E-state index contributed by atoms with van der Waals surface area (Å²) < 4.78 is 6.76. The van der Waals surface area contributed by atoms with Gasteiger partial charge in [-0.2, -0.15) is 4.68 Å². The predicted molar refractivity (Wildman–Crippen MR) is 69.0 cm³/mol. The molecule has 0 spiro atoms. The van der Waals surface area contributed by atoms with Crippen molar-refractivity contribution in [3.8, 4) is 5.69 Å². The van der Waals surface area contributed by atoms with Crippen molar-refractivity contribution in [3.63, 3.8) is 0 Å². The van der Waals surface area contributed by atoms with Gasteiger partial charge in [0.05, 0.1) is 5.69 Å². The van der Waals surface area contributed by atoms with Gasteiger partial charge < -0.3 is 4.74 Å². The first-order chi connectivity index (χ1) is 9.24. The molecule has 0 unspecified atom stereocenters. The third-order valence-corrected chi connectivity index (χ3v) is 3.95. The van der Waals surface area contributed by atoms with E-state index < -0.39 is 0 Å². The lowest BCUT2D eigenvalue weighted by Crippen LogP contribution is -2.11. The van der Waals surface area contributed by atoms with Crippen molar-refractivity contribution >= 4 is 17.7 Å². The first-order valence-electron chi connectivity index (χ1n) is 5.95. The number of esters is 1. The molecule has 0 amide bonds. The summed E-state index contributed by atoms with van der Waals surface area (Å²) in [5, 5.41) is 12.0. The van der Waals surface area contributed by atoms with E-state index in [2.05, 4.69) is 15.5 Å². The maximum absolute atomic E-state index is 11.6. The van der Waals surface area contributed by atoms with Gasteiger partial charge in [0.15, 0.2) is 0 Å². The second-order valence-electron chi connectivity index (χ2n) is 4.30. The molecule has 1 aliphatic rings. The van der Waals surface area contributed by atoms with Crippen LogP contribution in [0.25, 0.3) is 5.69 Å². The number of cyclic esters (lactones) is 1. The molecule has 1 fully saturated rings. The van der Waals surface area contributed by atoms with E-state index in [1.807, 2.05) is 37.3 Å². The normalized spacial score (nSPS) is 22.5. The lowest BCUT2D eigenvalue weighted by atomic mass is 10.3. The van der Waals surface area contributed by atoms with Crippen LogP contribution in [-0.2, 0) is 9.53 Å². The fraction of sp³-hybridized carbons (Fsp3) is 0.333. The first kappa shape index (κ1) is 12.2. The second kappa shape index (κ2) is 5.00. The Balaban J connectivity index is 1.83. The van der Waals surface area contributed by atoms with Gasteiger partial charge in [-0.05, 0) is 29.5 Å². The average molecular weight is 276 g/mol. The number of carbonyl (C=O) groups is 1. The Morgan fingerprint density at radius 2 is 2.16 bits per heavy atom.